The standard InChI is InChI=1S/C19H23N7O2/c1-4-13(17(20)27)26-8-5-12-9-14(24-15-10-21-6-7-22-15)25-18(23-11(2)3)16(12)19(26)28/h5-11,13H,4H2,1-3H3,(H2,20,27)(H2,22,23,24,25). The molecule has 28 heavy (non-hydrogen) atoms. The number of fused-ring (bicyclic) bond motifs is 1. The van der Waals surface area contributed by atoms with E-state index in [9.17, 15) is 9.59 Å². The van der Waals surface area contributed by atoms with Crippen LogP contribution in [0, 0.1) is 0 Å². The summed E-state index contributed by atoms with van der Waals surface area (Å²) in [5, 5.41) is 7.39. The zero-order valence-electron chi connectivity index (χ0n) is 16.0. The van der Waals surface area contributed by atoms with Crippen LogP contribution in [-0.2, 0) is 4.79 Å². The summed E-state index contributed by atoms with van der Waals surface area (Å²) in [6, 6.07) is 2.87. The third-order valence-electron chi connectivity index (χ3n) is 4.21. The van der Waals surface area contributed by atoms with Crippen molar-refractivity contribution in [3.63, 3.8) is 0 Å². The van der Waals surface area contributed by atoms with Gasteiger partial charge in [-0.3, -0.25) is 14.6 Å². The molecule has 0 aliphatic rings. The predicted octanol–water partition coefficient (Wildman–Crippen LogP) is 2.19. The van der Waals surface area contributed by atoms with Crippen LogP contribution in [0.1, 0.15) is 33.2 Å². The van der Waals surface area contributed by atoms with Crippen LogP contribution in [0.4, 0.5) is 17.5 Å². The average Bonchev–Trinajstić information content (AvgIpc) is 2.64. The van der Waals surface area contributed by atoms with Crippen LogP contribution in [-0.4, -0.2) is 31.5 Å². The second kappa shape index (κ2) is 8.03. The lowest BCUT2D eigenvalue weighted by Crippen LogP contribution is -2.33. The number of nitrogens with zero attached hydrogens (tertiary/aromatic N) is 4. The number of hydrogen-bond donors (Lipinski definition) is 3. The summed E-state index contributed by atoms with van der Waals surface area (Å²) in [7, 11) is 0. The van der Waals surface area contributed by atoms with E-state index in [1.54, 1.807) is 36.9 Å². The van der Waals surface area contributed by atoms with E-state index < -0.39 is 11.9 Å². The van der Waals surface area contributed by atoms with Crippen molar-refractivity contribution in [1.82, 2.24) is 19.5 Å². The number of hydrogen-bond acceptors (Lipinski definition) is 7. The van der Waals surface area contributed by atoms with Crippen molar-refractivity contribution >= 4 is 34.1 Å². The van der Waals surface area contributed by atoms with E-state index >= 15 is 0 Å². The van der Waals surface area contributed by atoms with Crippen molar-refractivity contribution in [1.29, 1.82) is 0 Å². The molecule has 3 aromatic rings. The van der Waals surface area contributed by atoms with Gasteiger partial charge in [0.15, 0.2) is 0 Å². The average molecular weight is 381 g/mol. The fourth-order valence-corrected chi connectivity index (χ4v) is 3.00. The minimum atomic E-state index is -0.707. The van der Waals surface area contributed by atoms with Crippen molar-refractivity contribution in [3.8, 4) is 0 Å². The number of pyridine rings is 2. The highest BCUT2D eigenvalue weighted by atomic mass is 16.2. The molecule has 0 aromatic carbocycles. The maximum Gasteiger partial charge on any atom is 0.262 e. The van der Waals surface area contributed by atoms with E-state index in [2.05, 4.69) is 25.6 Å². The van der Waals surface area contributed by atoms with E-state index in [1.165, 1.54) is 4.57 Å². The number of nitrogens with two attached hydrogens (primary N) is 1. The lowest BCUT2D eigenvalue weighted by atomic mass is 10.1. The third kappa shape index (κ3) is 3.93. The predicted molar refractivity (Wildman–Crippen MR) is 109 cm³/mol. The summed E-state index contributed by atoms with van der Waals surface area (Å²) in [6.07, 6.45) is 6.75. The summed E-state index contributed by atoms with van der Waals surface area (Å²) in [5.74, 6) is 0.946. The molecule has 146 valence electrons. The monoisotopic (exact) mass is 381 g/mol. The molecule has 0 saturated heterocycles. The Morgan fingerprint density at radius 3 is 2.68 bits per heavy atom. The normalized spacial score (nSPS) is 12.1. The Bertz CT molecular complexity index is 1050. The molecule has 0 aliphatic carbocycles. The maximum absolute atomic E-state index is 13.1. The molecular weight excluding hydrogens is 358 g/mol. The molecule has 3 rings (SSSR count). The summed E-state index contributed by atoms with van der Waals surface area (Å²) in [6.45, 7) is 5.72. The van der Waals surface area contributed by atoms with Crippen molar-refractivity contribution in [2.24, 2.45) is 5.73 Å². The fraction of sp³-hybridized carbons (Fsp3) is 0.316. The molecule has 0 bridgehead atoms. The molecule has 3 aromatic heterocycles. The van der Waals surface area contributed by atoms with Gasteiger partial charge in [-0.2, -0.15) is 0 Å². The Hall–Kier alpha value is -3.49. The van der Waals surface area contributed by atoms with Gasteiger partial charge < -0.3 is 20.9 Å². The van der Waals surface area contributed by atoms with Gasteiger partial charge in [-0.1, -0.05) is 6.92 Å². The van der Waals surface area contributed by atoms with Crippen LogP contribution in [0.25, 0.3) is 10.8 Å². The Balaban J connectivity index is 2.17. The highest BCUT2D eigenvalue weighted by Crippen LogP contribution is 2.25. The molecule has 0 aliphatic heterocycles. The summed E-state index contributed by atoms with van der Waals surface area (Å²) in [4.78, 5) is 37.6. The quantitative estimate of drug-likeness (QED) is 0.572. The van der Waals surface area contributed by atoms with Gasteiger partial charge in [-0.05, 0) is 37.8 Å². The second-order valence-electron chi connectivity index (χ2n) is 6.69. The van der Waals surface area contributed by atoms with Crippen LogP contribution in [0.3, 0.4) is 0 Å². The van der Waals surface area contributed by atoms with E-state index in [1.807, 2.05) is 20.8 Å². The number of amides is 1. The number of primary amides is 1. The van der Waals surface area contributed by atoms with Crippen molar-refractivity contribution in [2.75, 3.05) is 10.6 Å². The van der Waals surface area contributed by atoms with Gasteiger partial charge in [-0.25, -0.2) is 9.97 Å². The van der Waals surface area contributed by atoms with Gasteiger partial charge in [0.05, 0.1) is 11.6 Å². The maximum atomic E-state index is 13.1. The zero-order chi connectivity index (χ0) is 20.3. The van der Waals surface area contributed by atoms with Crippen LogP contribution in [0.15, 0.2) is 41.7 Å². The van der Waals surface area contributed by atoms with Crippen LogP contribution < -0.4 is 21.9 Å². The van der Waals surface area contributed by atoms with Gasteiger partial charge in [-0.15, -0.1) is 0 Å². The van der Waals surface area contributed by atoms with E-state index in [4.69, 9.17) is 5.73 Å². The first-order chi connectivity index (χ1) is 13.4. The van der Waals surface area contributed by atoms with Gasteiger partial charge in [0.1, 0.15) is 23.5 Å². The molecule has 4 N–H and O–H groups in total. The minimum absolute atomic E-state index is 0.0497. The molecule has 9 heteroatoms. The number of carbonyl (C=O) groups is 1. The Morgan fingerprint density at radius 2 is 2.07 bits per heavy atom. The fourth-order valence-electron chi connectivity index (χ4n) is 3.00. The SMILES string of the molecule is CCC(C(N)=O)n1ccc2cc(Nc3cnccn3)nc(NC(C)C)c2c1=O. The first-order valence-corrected chi connectivity index (χ1v) is 9.05. The van der Waals surface area contributed by atoms with Crippen molar-refractivity contribution < 1.29 is 4.79 Å². The number of anilines is 3. The topological polar surface area (TPSA) is 128 Å². The highest BCUT2D eigenvalue weighted by Gasteiger charge is 2.20. The molecule has 0 saturated carbocycles. The number of rotatable bonds is 7. The molecule has 1 unspecified atom stereocenters. The molecule has 0 spiro atoms. The Kier molecular flexibility index (Phi) is 5.53. The third-order valence-corrected chi connectivity index (χ3v) is 4.21. The molecule has 1 amide bonds. The van der Waals surface area contributed by atoms with Crippen molar-refractivity contribution in [2.45, 2.75) is 39.3 Å². The van der Waals surface area contributed by atoms with Crippen LogP contribution in [0.2, 0.25) is 0 Å². The lowest BCUT2D eigenvalue weighted by Gasteiger charge is -2.18. The Labute approximate surface area is 162 Å². The van der Waals surface area contributed by atoms with E-state index in [-0.39, 0.29) is 11.6 Å². The summed E-state index contributed by atoms with van der Waals surface area (Å²) in [5.41, 5.74) is 5.15. The summed E-state index contributed by atoms with van der Waals surface area (Å²) < 4.78 is 1.37. The van der Waals surface area contributed by atoms with Gasteiger partial charge in [0, 0.05) is 24.6 Å². The molecule has 1 atom stereocenters. The highest BCUT2D eigenvalue weighted by molar-refractivity contribution is 5.93. The number of aromatic nitrogens is 4. The zero-order valence-corrected chi connectivity index (χ0v) is 16.0. The van der Waals surface area contributed by atoms with E-state index in [0.29, 0.717) is 34.6 Å². The van der Waals surface area contributed by atoms with Gasteiger partial charge in [0.2, 0.25) is 5.91 Å². The first-order valence-electron chi connectivity index (χ1n) is 9.05. The van der Waals surface area contributed by atoms with E-state index in [0.717, 1.165) is 0 Å². The molecular formula is C19H23N7O2. The molecule has 3 heterocycles. The van der Waals surface area contributed by atoms with Crippen molar-refractivity contribution in [3.05, 3.63) is 47.3 Å². The summed E-state index contributed by atoms with van der Waals surface area (Å²) >= 11 is 0. The number of nitrogens with one attached hydrogen (secondary N) is 2. The second-order valence-corrected chi connectivity index (χ2v) is 6.69. The molecule has 0 radical (unpaired) electrons. The molecule has 0 fully saturated rings. The smallest absolute Gasteiger partial charge is 0.262 e. The lowest BCUT2D eigenvalue weighted by molar-refractivity contribution is -0.121. The van der Waals surface area contributed by atoms with Crippen LogP contribution in [0.5, 0.6) is 0 Å². The van der Waals surface area contributed by atoms with Gasteiger partial charge >= 0.3 is 0 Å². The molecule has 9 nitrogen and oxygen atoms in total. The minimum Gasteiger partial charge on any atom is -0.368 e. The Morgan fingerprint density at radius 1 is 1.29 bits per heavy atom. The van der Waals surface area contributed by atoms with Crippen LogP contribution >= 0.6 is 0 Å². The number of carbonyl (C=O) groups excluding carboxylic acids is 1. The van der Waals surface area contributed by atoms with Gasteiger partial charge in [0.25, 0.3) is 5.56 Å². The largest absolute Gasteiger partial charge is 0.368 e. The first kappa shape index (κ1) is 19.3.